The van der Waals surface area contributed by atoms with Gasteiger partial charge in [-0.1, -0.05) is 24.3 Å². The van der Waals surface area contributed by atoms with E-state index < -0.39 is 5.82 Å². The minimum Gasteiger partial charge on any atom is -0.497 e. The monoisotopic (exact) mass is 441 g/mol. The molecule has 0 spiro atoms. The molecule has 1 aromatic heterocycles. The fraction of sp³-hybridized carbons (Fsp3) is 0.318. The molecule has 1 aliphatic heterocycles. The van der Waals surface area contributed by atoms with Gasteiger partial charge in [0.2, 0.25) is 5.13 Å². The number of hydrogen-bond donors (Lipinski definition) is 1. The second-order valence-electron chi connectivity index (χ2n) is 7.42. The van der Waals surface area contributed by atoms with Crippen LogP contribution in [0.2, 0.25) is 0 Å². The maximum atomic E-state index is 13.8. The zero-order chi connectivity index (χ0) is 21.8. The normalized spacial score (nSPS) is 16.3. The van der Waals surface area contributed by atoms with Gasteiger partial charge in [0.25, 0.3) is 0 Å². The van der Waals surface area contributed by atoms with Crippen molar-refractivity contribution in [2.75, 3.05) is 37.0 Å². The van der Waals surface area contributed by atoms with E-state index in [9.17, 15) is 9.18 Å². The molecule has 162 valence electrons. The summed E-state index contributed by atoms with van der Waals surface area (Å²) in [5.41, 5.74) is 1.28. The number of hydrogen-bond acceptors (Lipinski definition) is 6. The first-order chi connectivity index (χ1) is 15.0. The SMILES string of the molecule is COc1cccc(Cc2nsc(N3CCN(C(=O)Nc4ccccc4F)C(C)C3)n2)c1. The van der Waals surface area contributed by atoms with Crippen LogP contribution >= 0.6 is 11.5 Å². The Morgan fingerprint density at radius 2 is 2.10 bits per heavy atom. The van der Waals surface area contributed by atoms with Crippen LogP contribution in [-0.2, 0) is 6.42 Å². The summed E-state index contributed by atoms with van der Waals surface area (Å²) in [6.07, 6.45) is 0.633. The van der Waals surface area contributed by atoms with Crippen LogP contribution in [0.25, 0.3) is 0 Å². The van der Waals surface area contributed by atoms with Gasteiger partial charge in [-0.25, -0.2) is 14.2 Å². The first-order valence-corrected chi connectivity index (χ1v) is 10.8. The Bertz CT molecular complexity index is 1060. The van der Waals surface area contributed by atoms with E-state index in [1.54, 1.807) is 30.2 Å². The minimum absolute atomic E-state index is 0.0498. The Labute approximate surface area is 184 Å². The maximum absolute atomic E-state index is 13.8. The van der Waals surface area contributed by atoms with Crippen molar-refractivity contribution < 1.29 is 13.9 Å². The number of aromatic nitrogens is 2. The van der Waals surface area contributed by atoms with E-state index in [-0.39, 0.29) is 17.8 Å². The molecular formula is C22H24FN5O2S. The Hall–Kier alpha value is -3.20. The molecule has 4 rings (SSSR count). The van der Waals surface area contributed by atoms with Gasteiger partial charge in [0, 0.05) is 43.6 Å². The molecule has 2 heterocycles. The van der Waals surface area contributed by atoms with E-state index in [4.69, 9.17) is 9.72 Å². The van der Waals surface area contributed by atoms with Crippen molar-refractivity contribution in [1.82, 2.24) is 14.3 Å². The summed E-state index contributed by atoms with van der Waals surface area (Å²) < 4.78 is 23.6. The van der Waals surface area contributed by atoms with Crippen LogP contribution in [0.4, 0.5) is 20.0 Å². The average molecular weight is 442 g/mol. The van der Waals surface area contributed by atoms with Gasteiger partial charge >= 0.3 is 6.03 Å². The minimum atomic E-state index is -0.445. The third-order valence-corrected chi connectivity index (χ3v) is 6.04. The number of carbonyl (C=O) groups excluding carboxylic acids is 1. The quantitative estimate of drug-likeness (QED) is 0.648. The molecule has 0 saturated carbocycles. The summed E-state index contributed by atoms with van der Waals surface area (Å²) in [6, 6.07) is 13.7. The predicted octanol–water partition coefficient (Wildman–Crippen LogP) is 4.02. The van der Waals surface area contributed by atoms with E-state index in [0.717, 1.165) is 22.3 Å². The van der Waals surface area contributed by atoms with Crippen molar-refractivity contribution in [3.8, 4) is 5.75 Å². The van der Waals surface area contributed by atoms with Crippen molar-refractivity contribution in [3.05, 3.63) is 65.7 Å². The molecule has 0 aliphatic carbocycles. The topological polar surface area (TPSA) is 70.6 Å². The molecule has 1 atom stereocenters. The fourth-order valence-electron chi connectivity index (χ4n) is 3.59. The summed E-state index contributed by atoms with van der Waals surface area (Å²) in [5, 5.41) is 3.51. The van der Waals surface area contributed by atoms with Crippen molar-refractivity contribution in [3.63, 3.8) is 0 Å². The lowest BCUT2D eigenvalue weighted by Crippen LogP contribution is -2.55. The molecule has 3 aromatic rings. The highest BCUT2D eigenvalue weighted by atomic mass is 32.1. The summed E-state index contributed by atoms with van der Waals surface area (Å²) in [7, 11) is 1.65. The fourth-order valence-corrected chi connectivity index (χ4v) is 4.31. The largest absolute Gasteiger partial charge is 0.497 e. The zero-order valence-corrected chi connectivity index (χ0v) is 18.2. The lowest BCUT2D eigenvalue weighted by molar-refractivity contribution is 0.184. The molecule has 9 heteroatoms. The molecule has 2 aromatic carbocycles. The number of carbonyl (C=O) groups is 1. The summed E-state index contributed by atoms with van der Waals surface area (Å²) in [5.74, 6) is 1.13. The van der Waals surface area contributed by atoms with Crippen LogP contribution < -0.4 is 15.0 Å². The Morgan fingerprint density at radius 1 is 1.26 bits per heavy atom. The van der Waals surface area contributed by atoms with Crippen molar-refractivity contribution in [1.29, 1.82) is 0 Å². The Kier molecular flexibility index (Phi) is 6.31. The third-order valence-electron chi connectivity index (χ3n) is 5.23. The lowest BCUT2D eigenvalue weighted by Gasteiger charge is -2.39. The van der Waals surface area contributed by atoms with Gasteiger partial charge in [0.1, 0.15) is 17.4 Å². The molecule has 1 unspecified atom stereocenters. The first-order valence-electron chi connectivity index (χ1n) is 10.1. The molecule has 0 radical (unpaired) electrons. The average Bonchev–Trinajstić information content (AvgIpc) is 3.23. The van der Waals surface area contributed by atoms with Crippen LogP contribution in [-0.4, -0.2) is 53.1 Å². The van der Waals surface area contributed by atoms with Crippen LogP contribution in [0, 0.1) is 5.82 Å². The number of nitrogens with zero attached hydrogens (tertiary/aromatic N) is 4. The van der Waals surface area contributed by atoms with Gasteiger partial charge in [0.05, 0.1) is 12.8 Å². The molecule has 1 saturated heterocycles. The van der Waals surface area contributed by atoms with Gasteiger partial charge in [-0.2, -0.15) is 4.37 Å². The van der Waals surface area contributed by atoms with E-state index >= 15 is 0 Å². The van der Waals surface area contributed by atoms with Crippen LogP contribution in [0.1, 0.15) is 18.3 Å². The van der Waals surface area contributed by atoms with Crippen LogP contribution in [0.15, 0.2) is 48.5 Å². The van der Waals surface area contributed by atoms with Crippen molar-refractivity contribution in [2.24, 2.45) is 0 Å². The molecule has 31 heavy (non-hydrogen) atoms. The highest BCUT2D eigenvalue weighted by Gasteiger charge is 2.29. The maximum Gasteiger partial charge on any atom is 0.322 e. The highest BCUT2D eigenvalue weighted by molar-refractivity contribution is 7.09. The molecule has 1 aliphatic rings. The zero-order valence-electron chi connectivity index (χ0n) is 17.4. The number of halogens is 1. The van der Waals surface area contributed by atoms with Crippen molar-refractivity contribution in [2.45, 2.75) is 19.4 Å². The van der Waals surface area contributed by atoms with Gasteiger partial charge in [-0.05, 0) is 36.8 Å². The standard InChI is InChI=1S/C22H24FN5O2S/c1-15-14-27(10-11-28(15)21(29)24-19-9-4-3-8-18(19)23)22-25-20(26-31-22)13-16-6-5-7-17(12-16)30-2/h3-9,12,15H,10-11,13-14H2,1-2H3,(H,24,29). The van der Waals surface area contributed by atoms with Crippen molar-refractivity contribution >= 4 is 28.4 Å². The lowest BCUT2D eigenvalue weighted by atomic mass is 10.1. The number of nitrogens with one attached hydrogen (secondary N) is 1. The Balaban J connectivity index is 1.36. The highest BCUT2D eigenvalue weighted by Crippen LogP contribution is 2.24. The number of benzene rings is 2. The van der Waals surface area contributed by atoms with Crippen LogP contribution in [0.3, 0.4) is 0 Å². The van der Waals surface area contributed by atoms with Crippen LogP contribution in [0.5, 0.6) is 5.75 Å². The van der Waals surface area contributed by atoms with E-state index in [2.05, 4.69) is 14.6 Å². The molecule has 1 N–H and O–H groups in total. The molecule has 0 bridgehead atoms. The van der Waals surface area contributed by atoms with E-state index in [1.165, 1.54) is 17.6 Å². The summed E-state index contributed by atoms with van der Waals surface area (Å²) >= 11 is 1.37. The number of para-hydroxylation sites is 1. The number of rotatable bonds is 5. The number of amides is 2. The molecule has 2 amide bonds. The summed E-state index contributed by atoms with van der Waals surface area (Å²) in [4.78, 5) is 21.2. The van der Waals surface area contributed by atoms with E-state index in [1.807, 2.05) is 31.2 Å². The van der Waals surface area contributed by atoms with E-state index in [0.29, 0.717) is 26.1 Å². The van der Waals surface area contributed by atoms with Gasteiger partial charge in [-0.15, -0.1) is 0 Å². The van der Waals surface area contributed by atoms with Gasteiger partial charge in [-0.3, -0.25) is 0 Å². The number of methoxy groups -OCH3 is 1. The predicted molar refractivity (Wildman–Crippen MR) is 120 cm³/mol. The summed E-state index contributed by atoms with van der Waals surface area (Å²) in [6.45, 7) is 3.78. The number of urea groups is 1. The second kappa shape index (κ2) is 9.30. The first kappa shape index (κ1) is 21.0. The molecular weight excluding hydrogens is 417 g/mol. The second-order valence-corrected chi connectivity index (χ2v) is 8.15. The number of ether oxygens (including phenoxy) is 1. The smallest absolute Gasteiger partial charge is 0.322 e. The van der Waals surface area contributed by atoms with Gasteiger partial charge in [0.15, 0.2) is 0 Å². The third kappa shape index (κ3) is 4.93. The van der Waals surface area contributed by atoms with Gasteiger partial charge < -0.3 is 19.9 Å². The number of anilines is 2. The Morgan fingerprint density at radius 3 is 2.87 bits per heavy atom. The molecule has 7 nitrogen and oxygen atoms in total. The number of piperazine rings is 1. The molecule has 1 fully saturated rings.